The molecule has 0 bridgehead atoms. The second-order valence-electron chi connectivity index (χ2n) is 8.91. The highest BCUT2D eigenvalue weighted by Crippen LogP contribution is 2.25. The molecular weight excluding hydrogens is 392 g/mol. The molecule has 6 heteroatoms. The number of amides is 2. The van der Waals surface area contributed by atoms with Crippen LogP contribution >= 0.6 is 0 Å². The number of benzene rings is 2. The van der Waals surface area contributed by atoms with Crippen molar-refractivity contribution < 1.29 is 19.1 Å². The first-order valence-corrected chi connectivity index (χ1v) is 10.8. The van der Waals surface area contributed by atoms with Gasteiger partial charge in [0.1, 0.15) is 5.75 Å². The molecule has 0 unspecified atom stereocenters. The highest BCUT2D eigenvalue weighted by molar-refractivity contribution is 6.04. The van der Waals surface area contributed by atoms with Gasteiger partial charge in [-0.05, 0) is 55.0 Å². The summed E-state index contributed by atoms with van der Waals surface area (Å²) in [4.78, 5) is 25.3. The molecule has 1 aliphatic heterocycles. The Labute approximate surface area is 184 Å². The lowest BCUT2D eigenvalue weighted by molar-refractivity contribution is -0.122. The minimum Gasteiger partial charge on any atom is -0.481 e. The van der Waals surface area contributed by atoms with Gasteiger partial charge in [-0.3, -0.25) is 9.59 Å². The minimum atomic E-state index is -0.719. The SMILES string of the molecule is C[C@H](Oc1ccc(C(C)(C)C)cc1)C(=O)Nc1ccccc1C(=O)NC[C@H]1CCCO1. The zero-order valence-corrected chi connectivity index (χ0v) is 18.7. The summed E-state index contributed by atoms with van der Waals surface area (Å²) in [7, 11) is 0. The lowest BCUT2D eigenvalue weighted by Crippen LogP contribution is -2.34. The van der Waals surface area contributed by atoms with Crippen molar-refractivity contribution in [1.82, 2.24) is 5.32 Å². The quantitative estimate of drug-likeness (QED) is 0.695. The first-order valence-electron chi connectivity index (χ1n) is 10.8. The fourth-order valence-corrected chi connectivity index (χ4v) is 3.42. The molecule has 2 N–H and O–H groups in total. The van der Waals surface area contributed by atoms with Crippen molar-refractivity contribution in [2.75, 3.05) is 18.5 Å². The Balaban J connectivity index is 1.59. The largest absolute Gasteiger partial charge is 0.481 e. The fraction of sp³-hybridized carbons (Fsp3) is 0.440. The predicted molar refractivity (Wildman–Crippen MR) is 122 cm³/mol. The van der Waals surface area contributed by atoms with Crippen LogP contribution in [0.15, 0.2) is 48.5 Å². The summed E-state index contributed by atoms with van der Waals surface area (Å²) in [6.07, 6.45) is 1.31. The molecule has 2 atom stereocenters. The van der Waals surface area contributed by atoms with E-state index in [4.69, 9.17) is 9.47 Å². The van der Waals surface area contributed by atoms with Crippen LogP contribution in [-0.4, -0.2) is 37.2 Å². The van der Waals surface area contributed by atoms with E-state index in [0.29, 0.717) is 23.5 Å². The molecule has 1 saturated heterocycles. The van der Waals surface area contributed by atoms with Crippen LogP contribution in [0.25, 0.3) is 0 Å². The molecule has 166 valence electrons. The molecule has 0 radical (unpaired) electrons. The maximum absolute atomic E-state index is 12.7. The second kappa shape index (κ2) is 9.96. The fourth-order valence-electron chi connectivity index (χ4n) is 3.42. The van der Waals surface area contributed by atoms with Crippen LogP contribution in [0.2, 0.25) is 0 Å². The van der Waals surface area contributed by atoms with Crippen LogP contribution in [0, 0.1) is 0 Å². The van der Waals surface area contributed by atoms with E-state index in [1.165, 1.54) is 5.56 Å². The molecule has 6 nitrogen and oxygen atoms in total. The van der Waals surface area contributed by atoms with Crippen LogP contribution in [0.1, 0.15) is 56.5 Å². The highest BCUT2D eigenvalue weighted by atomic mass is 16.5. The van der Waals surface area contributed by atoms with Crippen LogP contribution in [-0.2, 0) is 14.9 Å². The number of nitrogens with one attached hydrogen (secondary N) is 2. The smallest absolute Gasteiger partial charge is 0.265 e. The van der Waals surface area contributed by atoms with Gasteiger partial charge in [0.2, 0.25) is 0 Å². The molecule has 2 aromatic rings. The number of ether oxygens (including phenoxy) is 2. The molecule has 2 aromatic carbocycles. The van der Waals surface area contributed by atoms with Crippen LogP contribution in [0.4, 0.5) is 5.69 Å². The van der Waals surface area contributed by atoms with Gasteiger partial charge < -0.3 is 20.1 Å². The normalized spacial score (nSPS) is 17.1. The van der Waals surface area contributed by atoms with Gasteiger partial charge in [-0.1, -0.05) is 45.0 Å². The average molecular weight is 425 g/mol. The second-order valence-corrected chi connectivity index (χ2v) is 8.91. The number of hydrogen-bond acceptors (Lipinski definition) is 4. The zero-order chi connectivity index (χ0) is 22.4. The van der Waals surface area contributed by atoms with Gasteiger partial charge in [0.15, 0.2) is 6.10 Å². The van der Waals surface area contributed by atoms with E-state index in [9.17, 15) is 9.59 Å². The van der Waals surface area contributed by atoms with Crippen molar-refractivity contribution in [2.45, 2.75) is 58.2 Å². The standard InChI is InChI=1S/C25H32N2O4/c1-17(31-19-13-11-18(12-14-19)25(2,3)4)23(28)27-22-10-6-5-9-21(22)24(29)26-16-20-8-7-15-30-20/h5-6,9-14,17,20H,7-8,15-16H2,1-4H3,(H,26,29)(H,27,28)/t17-,20+/m0/s1. The van der Waals surface area contributed by atoms with E-state index in [0.717, 1.165) is 19.4 Å². The Kier molecular flexibility index (Phi) is 7.33. The summed E-state index contributed by atoms with van der Waals surface area (Å²) < 4.78 is 11.3. The molecule has 0 aromatic heterocycles. The predicted octanol–water partition coefficient (Wildman–Crippen LogP) is 4.30. The van der Waals surface area contributed by atoms with E-state index >= 15 is 0 Å². The third-order valence-corrected chi connectivity index (χ3v) is 5.35. The van der Waals surface area contributed by atoms with Gasteiger partial charge in [-0.25, -0.2) is 0 Å². The molecule has 0 saturated carbocycles. The van der Waals surface area contributed by atoms with Crippen molar-refractivity contribution in [3.8, 4) is 5.75 Å². The topological polar surface area (TPSA) is 76.7 Å². The zero-order valence-electron chi connectivity index (χ0n) is 18.7. The molecule has 1 heterocycles. The van der Waals surface area contributed by atoms with Crippen molar-refractivity contribution >= 4 is 17.5 Å². The lowest BCUT2D eigenvalue weighted by Gasteiger charge is -2.20. The highest BCUT2D eigenvalue weighted by Gasteiger charge is 2.21. The van der Waals surface area contributed by atoms with Crippen molar-refractivity contribution in [3.05, 3.63) is 59.7 Å². The number of anilines is 1. The Hall–Kier alpha value is -2.86. The number of hydrogen-bond donors (Lipinski definition) is 2. The van der Waals surface area contributed by atoms with Gasteiger partial charge in [0.25, 0.3) is 11.8 Å². The molecular formula is C25H32N2O4. The van der Waals surface area contributed by atoms with Crippen LogP contribution < -0.4 is 15.4 Å². The average Bonchev–Trinajstić information content (AvgIpc) is 3.26. The van der Waals surface area contributed by atoms with E-state index < -0.39 is 6.10 Å². The van der Waals surface area contributed by atoms with E-state index in [1.807, 2.05) is 24.3 Å². The summed E-state index contributed by atoms with van der Waals surface area (Å²) in [6, 6.07) is 14.7. The van der Waals surface area contributed by atoms with Crippen LogP contribution in [0.3, 0.4) is 0 Å². The van der Waals surface area contributed by atoms with Crippen molar-refractivity contribution in [2.24, 2.45) is 0 Å². The summed E-state index contributed by atoms with van der Waals surface area (Å²) in [5.74, 6) is 0.0651. The first-order chi connectivity index (χ1) is 14.7. The van der Waals surface area contributed by atoms with Gasteiger partial charge in [-0.15, -0.1) is 0 Å². The third-order valence-electron chi connectivity index (χ3n) is 5.35. The molecule has 0 aliphatic carbocycles. The van der Waals surface area contributed by atoms with Gasteiger partial charge in [0, 0.05) is 13.2 Å². The third kappa shape index (κ3) is 6.31. The van der Waals surface area contributed by atoms with Crippen molar-refractivity contribution in [3.63, 3.8) is 0 Å². The summed E-state index contributed by atoms with van der Waals surface area (Å²) >= 11 is 0. The Morgan fingerprint density at radius 2 is 1.84 bits per heavy atom. The minimum absolute atomic E-state index is 0.0513. The number of carbonyl (C=O) groups excluding carboxylic acids is 2. The summed E-state index contributed by atoms with van der Waals surface area (Å²) in [5, 5.41) is 5.71. The van der Waals surface area contributed by atoms with Gasteiger partial charge >= 0.3 is 0 Å². The Morgan fingerprint density at radius 3 is 2.48 bits per heavy atom. The molecule has 1 aliphatic rings. The Bertz CT molecular complexity index is 896. The van der Waals surface area contributed by atoms with E-state index in [1.54, 1.807) is 31.2 Å². The number of rotatable bonds is 7. The van der Waals surface area contributed by atoms with Crippen LogP contribution in [0.5, 0.6) is 5.75 Å². The molecule has 0 spiro atoms. The summed E-state index contributed by atoms with van der Waals surface area (Å²) in [6.45, 7) is 9.33. The maximum Gasteiger partial charge on any atom is 0.265 e. The number of carbonyl (C=O) groups is 2. The van der Waals surface area contributed by atoms with E-state index in [2.05, 4.69) is 31.4 Å². The maximum atomic E-state index is 12.7. The molecule has 1 fully saturated rings. The first kappa shape index (κ1) is 22.8. The van der Waals surface area contributed by atoms with Crippen molar-refractivity contribution in [1.29, 1.82) is 0 Å². The number of para-hydroxylation sites is 1. The van der Waals surface area contributed by atoms with Gasteiger partial charge in [0.05, 0.1) is 17.4 Å². The molecule has 3 rings (SSSR count). The molecule has 2 amide bonds. The molecule has 31 heavy (non-hydrogen) atoms. The van der Waals surface area contributed by atoms with Gasteiger partial charge in [-0.2, -0.15) is 0 Å². The monoisotopic (exact) mass is 424 g/mol. The Morgan fingerprint density at radius 1 is 1.13 bits per heavy atom. The summed E-state index contributed by atoms with van der Waals surface area (Å²) in [5.41, 5.74) is 2.11. The lowest BCUT2D eigenvalue weighted by atomic mass is 9.87. The van der Waals surface area contributed by atoms with E-state index in [-0.39, 0.29) is 23.3 Å².